The Bertz CT molecular complexity index is 942. The van der Waals surface area contributed by atoms with Crippen LogP contribution in [-0.2, 0) is 13.2 Å². The molecule has 0 bridgehead atoms. The molecule has 25 heavy (non-hydrogen) atoms. The van der Waals surface area contributed by atoms with Crippen molar-refractivity contribution in [1.29, 1.82) is 0 Å². The smallest absolute Gasteiger partial charge is 0.424 e. The highest BCUT2D eigenvalue weighted by Gasteiger charge is 2.15. The van der Waals surface area contributed by atoms with Crippen LogP contribution in [0.3, 0.4) is 0 Å². The molecule has 6 nitrogen and oxygen atoms in total. The van der Waals surface area contributed by atoms with Gasteiger partial charge in [-0.2, -0.15) is 0 Å². The number of methoxy groups -OCH3 is 2. The molecular weight excluding hydrogens is 320 g/mol. The molecule has 0 radical (unpaired) electrons. The maximum absolute atomic E-state index is 12.1. The molecule has 1 heterocycles. The van der Waals surface area contributed by atoms with Gasteiger partial charge in [-0.1, -0.05) is 12.1 Å². The quantitative estimate of drug-likeness (QED) is 0.738. The van der Waals surface area contributed by atoms with Gasteiger partial charge in [0.15, 0.2) is 23.8 Å². The van der Waals surface area contributed by atoms with E-state index in [1.807, 2.05) is 44.3 Å². The number of nitrogens with zero attached hydrogens (tertiary/aromatic N) is 1. The molecule has 1 atom stereocenters. The van der Waals surface area contributed by atoms with Crippen LogP contribution in [0.1, 0.15) is 11.1 Å². The molecule has 2 aromatic carbocycles. The van der Waals surface area contributed by atoms with Gasteiger partial charge in [0, 0.05) is 5.56 Å². The second-order valence-electron chi connectivity index (χ2n) is 6.19. The number of hydrogen-bond acceptors (Lipinski definition) is 4. The van der Waals surface area contributed by atoms with Crippen LogP contribution >= 0.6 is 0 Å². The molecule has 0 saturated heterocycles. The van der Waals surface area contributed by atoms with Gasteiger partial charge in [0.25, 0.3) is 0 Å². The van der Waals surface area contributed by atoms with Gasteiger partial charge in [-0.05, 0) is 36.8 Å². The molecular formula is C19H23N2O4+. The van der Waals surface area contributed by atoms with Crippen LogP contribution in [0.5, 0.6) is 11.5 Å². The van der Waals surface area contributed by atoms with Crippen LogP contribution < -0.4 is 20.1 Å². The van der Waals surface area contributed by atoms with Crippen molar-refractivity contribution in [2.45, 2.75) is 20.1 Å². The first-order valence-electron chi connectivity index (χ1n) is 8.14. The van der Waals surface area contributed by atoms with Crippen LogP contribution in [-0.4, -0.2) is 25.8 Å². The first-order valence-corrected chi connectivity index (χ1v) is 8.14. The van der Waals surface area contributed by atoms with Crippen LogP contribution in [0.25, 0.3) is 11.1 Å². The lowest BCUT2D eigenvalue weighted by Crippen LogP contribution is -3.07. The molecule has 1 aromatic heterocycles. The van der Waals surface area contributed by atoms with E-state index in [1.54, 1.807) is 24.9 Å². The first-order chi connectivity index (χ1) is 12.0. The number of rotatable bonds is 6. The summed E-state index contributed by atoms with van der Waals surface area (Å²) in [5.41, 5.74) is 3.70. The molecule has 0 aliphatic rings. The number of ether oxygens (including phenoxy) is 2. The van der Waals surface area contributed by atoms with Crippen molar-refractivity contribution in [1.82, 2.24) is 4.57 Å². The maximum atomic E-state index is 12.1. The summed E-state index contributed by atoms with van der Waals surface area (Å²) in [5, 5.41) is 0. The average molecular weight is 343 g/mol. The summed E-state index contributed by atoms with van der Waals surface area (Å²) in [6.07, 6.45) is 0. The molecule has 3 aromatic rings. The van der Waals surface area contributed by atoms with Gasteiger partial charge in [-0.25, -0.2) is 9.36 Å². The van der Waals surface area contributed by atoms with Gasteiger partial charge in [-0.3, -0.25) is 0 Å². The monoisotopic (exact) mass is 343 g/mol. The van der Waals surface area contributed by atoms with E-state index in [1.165, 1.54) is 0 Å². The second-order valence-corrected chi connectivity index (χ2v) is 6.19. The Kier molecular flexibility index (Phi) is 4.81. The Morgan fingerprint density at radius 3 is 2.52 bits per heavy atom. The van der Waals surface area contributed by atoms with E-state index in [0.717, 1.165) is 33.8 Å². The molecule has 6 heteroatoms. The third-order valence-corrected chi connectivity index (χ3v) is 4.34. The van der Waals surface area contributed by atoms with Crippen molar-refractivity contribution in [3.05, 3.63) is 58.1 Å². The van der Waals surface area contributed by atoms with Gasteiger partial charge in [0.2, 0.25) is 0 Å². The maximum Gasteiger partial charge on any atom is 0.424 e. The number of fused-ring (bicyclic) bond motifs is 1. The minimum Gasteiger partial charge on any atom is -0.493 e. The Balaban J connectivity index is 1.84. The average Bonchev–Trinajstić information content (AvgIpc) is 2.92. The summed E-state index contributed by atoms with van der Waals surface area (Å²) in [5.74, 6) is 1.10. The molecule has 3 rings (SSSR count). The van der Waals surface area contributed by atoms with Gasteiger partial charge < -0.3 is 18.8 Å². The fraction of sp³-hybridized carbons (Fsp3) is 0.316. The SMILES string of the molecule is COc1cc(C)c(C[NH+](C)Cn2c(=O)oc3ccccc32)cc1OC. The molecule has 0 aliphatic carbocycles. The Hall–Kier alpha value is -2.73. The lowest BCUT2D eigenvalue weighted by Gasteiger charge is -2.17. The largest absolute Gasteiger partial charge is 0.493 e. The number of para-hydroxylation sites is 2. The number of nitrogens with one attached hydrogen (secondary N) is 1. The number of benzene rings is 2. The van der Waals surface area contributed by atoms with Crippen molar-refractivity contribution >= 4 is 11.1 Å². The topological polar surface area (TPSA) is 58.0 Å². The van der Waals surface area contributed by atoms with E-state index >= 15 is 0 Å². The van der Waals surface area contributed by atoms with Crippen molar-refractivity contribution in [3.8, 4) is 11.5 Å². The van der Waals surface area contributed by atoms with Crippen LogP contribution in [0, 0.1) is 6.92 Å². The number of aromatic nitrogens is 1. The van der Waals surface area contributed by atoms with E-state index in [9.17, 15) is 4.79 Å². The zero-order valence-electron chi connectivity index (χ0n) is 15.0. The van der Waals surface area contributed by atoms with Crippen molar-refractivity contribution < 1.29 is 18.8 Å². The fourth-order valence-electron chi connectivity index (χ4n) is 3.03. The lowest BCUT2D eigenvalue weighted by molar-refractivity contribution is -0.916. The lowest BCUT2D eigenvalue weighted by atomic mass is 10.1. The van der Waals surface area contributed by atoms with Gasteiger partial charge in [-0.15, -0.1) is 0 Å². The normalized spacial score (nSPS) is 12.3. The highest BCUT2D eigenvalue weighted by atomic mass is 16.5. The summed E-state index contributed by atoms with van der Waals surface area (Å²) in [7, 11) is 5.31. The van der Waals surface area contributed by atoms with E-state index in [0.29, 0.717) is 18.0 Å². The summed E-state index contributed by atoms with van der Waals surface area (Å²) < 4.78 is 17.7. The molecule has 0 aliphatic heterocycles. The zero-order chi connectivity index (χ0) is 18.0. The van der Waals surface area contributed by atoms with E-state index in [4.69, 9.17) is 13.9 Å². The number of oxazole rings is 1. The Morgan fingerprint density at radius 2 is 1.80 bits per heavy atom. The number of hydrogen-bond donors (Lipinski definition) is 1. The zero-order valence-corrected chi connectivity index (χ0v) is 15.0. The third-order valence-electron chi connectivity index (χ3n) is 4.34. The minimum absolute atomic E-state index is 0.329. The molecule has 0 amide bonds. The molecule has 1 N–H and O–H groups in total. The van der Waals surface area contributed by atoms with Crippen molar-refractivity contribution in [3.63, 3.8) is 0 Å². The predicted molar refractivity (Wildman–Crippen MR) is 95.3 cm³/mol. The summed E-state index contributed by atoms with van der Waals surface area (Å²) in [6.45, 7) is 3.31. The fourth-order valence-corrected chi connectivity index (χ4v) is 3.03. The summed E-state index contributed by atoms with van der Waals surface area (Å²) in [6, 6.07) is 11.4. The van der Waals surface area contributed by atoms with Gasteiger partial charge in [0.1, 0.15) is 6.54 Å². The number of quaternary nitrogens is 1. The molecule has 1 unspecified atom stereocenters. The highest BCUT2D eigenvalue weighted by Crippen LogP contribution is 2.29. The standard InChI is InChI=1S/C19H22N2O4/c1-13-9-17(23-3)18(24-4)10-14(13)11-20(2)12-21-15-7-5-6-8-16(15)25-19(21)22/h5-10H,11-12H2,1-4H3/p+1. The second kappa shape index (κ2) is 7.03. The number of aryl methyl sites for hydroxylation is 1. The van der Waals surface area contributed by atoms with E-state index in [-0.39, 0.29) is 5.76 Å². The summed E-state index contributed by atoms with van der Waals surface area (Å²) >= 11 is 0. The van der Waals surface area contributed by atoms with Crippen molar-refractivity contribution in [2.75, 3.05) is 21.3 Å². The van der Waals surface area contributed by atoms with Crippen LogP contribution in [0.4, 0.5) is 0 Å². The predicted octanol–water partition coefficient (Wildman–Crippen LogP) is 1.59. The Morgan fingerprint density at radius 1 is 1.12 bits per heavy atom. The third kappa shape index (κ3) is 3.39. The first kappa shape index (κ1) is 17.1. The van der Waals surface area contributed by atoms with E-state index in [2.05, 4.69) is 0 Å². The summed E-state index contributed by atoms with van der Waals surface area (Å²) in [4.78, 5) is 13.3. The van der Waals surface area contributed by atoms with Crippen molar-refractivity contribution in [2.24, 2.45) is 0 Å². The molecule has 0 spiro atoms. The van der Waals surface area contributed by atoms with E-state index < -0.39 is 0 Å². The Labute approximate surface area is 146 Å². The van der Waals surface area contributed by atoms with Gasteiger partial charge >= 0.3 is 5.76 Å². The molecule has 0 fully saturated rings. The molecule has 0 saturated carbocycles. The minimum atomic E-state index is -0.329. The highest BCUT2D eigenvalue weighted by molar-refractivity contribution is 5.72. The molecule has 132 valence electrons. The van der Waals surface area contributed by atoms with Crippen LogP contribution in [0.2, 0.25) is 0 Å². The van der Waals surface area contributed by atoms with Crippen LogP contribution in [0.15, 0.2) is 45.6 Å². The van der Waals surface area contributed by atoms with Gasteiger partial charge in [0.05, 0.1) is 26.8 Å².